The molecule has 0 saturated carbocycles. The summed E-state index contributed by atoms with van der Waals surface area (Å²) in [6.45, 7) is 2.03. The molecule has 3 aromatic carbocycles. The summed E-state index contributed by atoms with van der Waals surface area (Å²) in [5.41, 5.74) is 1.92. The molecule has 24 heavy (non-hydrogen) atoms. The summed E-state index contributed by atoms with van der Waals surface area (Å²) in [6.07, 6.45) is 0. The van der Waals surface area contributed by atoms with Crippen LogP contribution in [0.4, 0.5) is 5.69 Å². The van der Waals surface area contributed by atoms with E-state index in [0.29, 0.717) is 9.90 Å². The molecule has 0 bridgehead atoms. The highest BCUT2D eigenvalue weighted by molar-refractivity contribution is 7.21. The second kappa shape index (κ2) is 5.93. The number of hydrogen-bond donors (Lipinski definition) is 1. The molecule has 4 heteroatoms. The van der Waals surface area contributed by atoms with Crippen molar-refractivity contribution in [3.05, 3.63) is 76.1 Å². The van der Waals surface area contributed by atoms with Crippen LogP contribution in [0.25, 0.3) is 20.9 Å². The molecule has 1 heterocycles. The van der Waals surface area contributed by atoms with E-state index in [1.807, 2.05) is 61.5 Å². The standard InChI is InChI=1S/C20H14ClNOS/c1-12-6-9-16-17(10-12)24-19(18(16)21)20(23)22-15-8-7-13-4-2-3-5-14(13)11-15/h2-11H,1H3,(H,22,23). The maximum Gasteiger partial charge on any atom is 0.267 e. The lowest BCUT2D eigenvalue weighted by Crippen LogP contribution is -2.10. The van der Waals surface area contributed by atoms with Gasteiger partial charge in [-0.05, 0) is 41.5 Å². The summed E-state index contributed by atoms with van der Waals surface area (Å²) < 4.78 is 1.03. The van der Waals surface area contributed by atoms with Crippen molar-refractivity contribution in [2.75, 3.05) is 5.32 Å². The number of carbonyl (C=O) groups is 1. The molecule has 4 rings (SSSR count). The van der Waals surface area contributed by atoms with E-state index in [-0.39, 0.29) is 5.91 Å². The maximum absolute atomic E-state index is 12.6. The normalized spacial score (nSPS) is 11.1. The van der Waals surface area contributed by atoms with Gasteiger partial charge in [-0.3, -0.25) is 4.79 Å². The minimum atomic E-state index is -0.172. The van der Waals surface area contributed by atoms with Crippen LogP contribution >= 0.6 is 22.9 Å². The van der Waals surface area contributed by atoms with E-state index in [4.69, 9.17) is 11.6 Å². The van der Waals surface area contributed by atoms with Gasteiger partial charge in [0.1, 0.15) is 4.88 Å². The molecule has 1 aromatic heterocycles. The molecular weight excluding hydrogens is 338 g/mol. The van der Waals surface area contributed by atoms with Gasteiger partial charge in [-0.2, -0.15) is 0 Å². The Labute approximate surface area is 148 Å². The Morgan fingerprint density at radius 2 is 1.79 bits per heavy atom. The van der Waals surface area contributed by atoms with E-state index in [1.165, 1.54) is 11.3 Å². The molecule has 0 unspecified atom stereocenters. The van der Waals surface area contributed by atoms with Gasteiger partial charge in [0, 0.05) is 15.8 Å². The van der Waals surface area contributed by atoms with E-state index in [1.54, 1.807) is 0 Å². The van der Waals surface area contributed by atoms with Crippen LogP contribution in [-0.2, 0) is 0 Å². The molecule has 1 amide bonds. The second-order valence-electron chi connectivity index (χ2n) is 5.76. The number of hydrogen-bond acceptors (Lipinski definition) is 2. The van der Waals surface area contributed by atoms with Crippen molar-refractivity contribution in [3.8, 4) is 0 Å². The van der Waals surface area contributed by atoms with Gasteiger partial charge in [-0.1, -0.05) is 54.1 Å². The number of amides is 1. The zero-order chi connectivity index (χ0) is 16.7. The third-order valence-electron chi connectivity index (χ3n) is 4.00. The molecule has 0 radical (unpaired) electrons. The van der Waals surface area contributed by atoms with Crippen molar-refractivity contribution in [1.82, 2.24) is 0 Å². The van der Waals surface area contributed by atoms with E-state index < -0.39 is 0 Å². The lowest BCUT2D eigenvalue weighted by molar-refractivity contribution is 0.103. The molecule has 0 fully saturated rings. The first-order valence-corrected chi connectivity index (χ1v) is 8.80. The topological polar surface area (TPSA) is 29.1 Å². The van der Waals surface area contributed by atoms with Crippen LogP contribution in [0.2, 0.25) is 5.02 Å². The van der Waals surface area contributed by atoms with Gasteiger partial charge >= 0.3 is 0 Å². The first kappa shape index (κ1) is 15.2. The fraction of sp³-hybridized carbons (Fsp3) is 0.0500. The maximum atomic E-state index is 12.6. The number of aryl methyl sites for hydroxylation is 1. The van der Waals surface area contributed by atoms with Crippen molar-refractivity contribution < 1.29 is 4.79 Å². The molecule has 0 spiro atoms. The van der Waals surface area contributed by atoms with Gasteiger partial charge in [-0.25, -0.2) is 0 Å². The first-order chi connectivity index (χ1) is 11.6. The zero-order valence-electron chi connectivity index (χ0n) is 13.0. The van der Waals surface area contributed by atoms with Crippen molar-refractivity contribution in [2.24, 2.45) is 0 Å². The summed E-state index contributed by atoms with van der Waals surface area (Å²) in [5.74, 6) is -0.172. The van der Waals surface area contributed by atoms with Crippen LogP contribution in [0.15, 0.2) is 60.7 Å². The van der Waals surface area contributed by atoms with Gasteiger partial charge in [0.05, 0.1) is 5.02 Å². The zero-order valence-corrected chi connectivity index (χ0v) is 14.5. The summed E-state index contributed by atoms with van der Waals surface area (Å²) >= 11 is 7.84. The summed E-state index contributed by atoms with van der Waals surface area (Å²) in [4.78, 5) is 13.2. The van der Waals surface area contributed by atoms with Crippen LogP contribution < -0.4 is 5.32 Å². The van der Waals surface area contributed by atoms with Gasteiger partial charge < -0.3 is 5.32 Å². The van der Waals surface area contributed by atoms with Crippen LogP contribution in [0, 0.1) is 6.92 Å². The quantitative estimate of drug-likeness (QED) is 0.453. The van der Waals surface area contributed by atoms with E-state index in [9.17, 15) is 4.79 Å². The largest absolute Gasteiger partial charge is 0.321 e. The molecular formula is C20H14ClNOS. The third-order valence-corrected chi connectivity index (χ3v) is 5.65. The Morgan fingerprint density at radius 1 is 1.00 bits per heavy atom. The summed E-state index contributed by atoms with van der Waals surface area (Å²) in [6, 6.07) is 20.0. The number of thiophene rings is 1. The molecule has 4 aromatic rings. The van der Waals surface area contributed by atoms with Crippen molar-refractivity contribution in [3.63, 3.8) is 0 Å². The summed E-state index contributed by atoms with van der Waals surface area (Å²) in [7, 11) is 0. The van der Waals surface area contributed by atoms with Crippen molar-refractivity contribution in [1.29, 1.82) is 0 Å². The molecule has 2 nitrogen and oxygen atoms in total. The number of nitrogens with one attached hydrogen (secondary N) is 1. The number of benzene rings is 3. The fourth-order valence-electron chi connectivity index (χ4n) is 2.77. The van der Waals surface area contributed by atoms with Crippen molar-refractivity contribution >= 4 is 55.4 Å². The van der Waals surface area contributed by atoms with Crippen molar-refractivity contribution in [2.45, 2.75) is 6.92 Å². The first-order valence-electron chi connectivity index (χ1n) is 7.60. The molecule has 0 aliphatic carbocycles. The molecule has 0 saturated heterocycles. The number of fused-ring (bicyclic) bond motifs is 2. The fourth-order valence-corrected chi connectivity index (χ4v) is 4.28. The van der Waals surface area contributed by atoms with Gasteiger partial charge in [-0.15, -0.1) is 11.3 Å². The smallest absolute Gasteiger partial charge is 0.267 e. The highest BCUT2D eigenvalue weighted by atomic mass is 35.5. The monoisotopic (exact) mass is 351 g/mol. The number of carbonyl (C=O) groups excluding carboxylic acids is 1. The lowest BCUT2D eigenvalue weighted by Gasteiger charge is -2.05. The molecule has 0 atom stereocenters. The molecule has 118 valence electrons. The molecule has 0 aliphatic heterocycles. The average molecular weight is 352 g/mol. The summed E-state index contributed by atoms with van der Waals surface area (Å²) in [5, 5.41) is 6.64. The Bertz CT molecular complexity index is 1080. The highest BCUT2D eigenvalue weighted by Crippen LogP contribution is 2.36. The Morgan fingerprint density at radius 3 is 2.62 bits per heavy atom. The Hall–Kier alpha value is -2.36. The minimum Gasteiger partial charge on any atom is -0.321 e. The molecule has 0 aliphatic rings. The minimum absolute atomic E-state index is 0.172. The van der Waals surface area contributed by atoms with Crippen LogP contribution in [0.3, 0.4) is 0 Å². The SMILES string of the molecule is Cc1ccc2c(Cl)c(C(=O)Nc3ccc4ccccc4c3)sc2c1. The van der Waals surface area contributed by atoms with E-state index in [2.05, 4.69) is 11.4 Å². The number of rotatable bonds is 2. The van der Waals surface area contributed by atoms with Gasteiger partial charge in [0.15, 0.2) is 0 Å². The van der Waals surface area contributed by atoms with Gasteiger partial charge in [0.25, 0.3) is 5.91 Å². The average Bonchev–Trinajstić information content (AvgIpc) is 2.91. The lowest BCUT2D eigenvalue weighted by atomic mass is 10.1. The predicted octanol–water partition coefficient (Wildman–Crippen LogP) is 6.27. The van der Waals surface area contributed by atoms with E-state index in [0.717, 1.165) is 32.1 Å². The van der Waals surface area contributed by atoms with Crippen LogP contribution in [0.5, 0.6) is 0 Å². The predicted molar refractivity (Wildman–Crippen MR) is 103 cm³/mol. The van der Waals surface area contributed by atoms with Crippen LogP contribution in [0.1, 0.15) is 15.2 Å². The second-order valence-corrected chi connectivity index (χ2v) is 7.19. The Balaban J connectivity index is 1.69. The van der Waals surface area contributed by atoms with Crippen LogP contribution in [-0.4, -0.2) is 5.91 Å². The number of anilines is 1. The molecule has 1 N–H and O–H groups in total. The third kappa shape index (κ3) is 2.66. The van der Waals surface area contributed by atoms with E-state index >= 15 is 0 Å². The highest BCUT2D eigenvalue weighted by Gasteiger charge is 2.17. The Kier molecular flexibility index (Phi) is 3.75. The number of halogens is 1. The van der Waals surface area contributed by atoms with Gasteiger partial charge in [0.2, 0.25) is 0 Å².